The second-order valence-electron chi connectivity index (χ2n) is 5.76. The van der Waals surface area contributed by atoms with Crippen molar-refractivity contribution >= 4 is 0 Å². The Morgan fingerprint density at radius 1 is 0.880 bits per heavy atom. The molecule has 3 aromatic rings. The Kier molecular flexibility index (Phi) is 6.37. The molecule has 1 aromatic heterocycles. The molecule has 0 bridgehead atoms. The first-order valence-corrected chi connectivity index (χ1v) is 8.73. The van der Waals surface area contributed by atoms with Gasteiger partial charge in [0.15, 0.2) is 0 Å². The van der Waals surface area contributed by atoms with E-state index in [9.17, 15) is 0 Å². The molecule has 0 unspecified atom stereocenters. The number of H-pyrrole nitrogens is 1. The van der Waals surface area contributed by atoms with Crippen molar-refractivity contribution in [1.29, 1.82) is 0 Å². The quantitative estimate of drug-likeness (QED) is 0.455. The number of hydrogen-bond donors (Lipinski definition) is 1. The van der Waals surface area contributed by atoms with Crippen molar-refractivity contribution in [2.24, 2.45) is 0 Å². The number of imidazole rings is 1. The molecular weight excluding hydrogens is 312 g/mol. The summed E-state index contributed by atoms with van der Waals surface area (Å²) >= 11 is 0. The third kappa shape index (κ3) is 4.78. The molecule has 0 aliphatic carbocycles. The SMILES string of the molecule is CCOCOCCCc1nc(-c2ccccc2)c(-c2ccccc2)[nH]1. The van der Waals surface area contributed by atoms with Gasteiger partial charge in [0, 0.05) is 30.8 Å². The number of hydrogen-bond acceptors (Lipinski definition) is 3. The second kappa shape index (κ2) is 9.16. The van der Waals surface area contributed by atoms with Crippen LogP contribution in [0.25, 0.3) is 22.5 Å². The van der Waals surface area contributed by atoms with Crippen LogP contribution in [0.1, 0.15) is 19.2 Å². The van der Waals surface area contributed by atoms with Crippen LogP contribution in [0.3, 0.4) is 0 Å². The van der Waals surface area contributed by atoms with Crippen molar-refractivity contribution in [3.05, 3.63) is 66.5 Å². The van der Waals surface area contributed by atoms with Gasteiger partial charge in [-0.1, -0.05) is 60.7 Å². The van der Waals surface area contributed by atoms with Crippen molar-refractivity contribution in [2.45, 2.75) is 19.8 Å². The topological polar surface area (TPSA) is 47.1 Å². The molecule has 1 N–H and O–H groups in total. The molecular formula is C21H24N2O2. The maximum Gasteiger partial charge on any atom is 0.146 e. The van der Waals surface area contributed by atoms with Gasteiger partial charge in [-0.3, -0.25) is 0 Å². The molecule has 4 nitrogen and oxygen atoms in total. The predicted octanol–water partition coefficient (Wildman–Crippen LogP) is 4.69. The van der Waals surface area contributed by atoms with Crippen molar-refractivity contribution in [2.75, 3.05) is 20.0 Å². The lowest BCUT2D eigenvalue weighted by atomic mass is 10.1. The maximum atomic E-state index is 5.44. The largest absolute Gasteiger partial charge is 0.356 e. The maximum absolute atomic E-state index is 5.44. The summed E-state index contributed by atoms with van der Waals surface area (Å²) in [6.45, 7) is 3.67. The Labute approximate surface area is 148 Å². The monoisotopic (exact) mass is 336 g/mol. The van der Waals surface area contributed by atoms with E-state index >= 15 is 0 Å². The molecule has 0 saturated carbocycles. The van der Waals surface area contributed by atoms with E-state index in [1.165, 1.54) is 0 Å². The van der Waals surface area contributed by atoms with Gasteiger partial charge in [-0.2, -0.15) is 0 Å². The van der Waals surface area contributed by atoms with Crippen LogP contribution in [0.2, 0.25) is 0 Å². The molecule has 3 rings (SSSR count). The molecule has 0 saturated heterocycles. The molecule has 0 fully saturated rings. The summed E-state index contributed by atoms with van der Waals surface area (Å²) in [4.78, 5) is 8.35. The Bertz CT molecular complexity index is 697. The highest BCUT2D eigenvalue weighted by Crippen LogP contribution is 2.30. The number of nitrogens with zero attached hydrogens (tertiary/aromatic N) is 1. The van der Waals surface area contributed by atoms with Crippen LogP contribution in [0.15, 0.2) is 60.7 Å². The molecule has 0 aliphatic rings. The van der Waals surface area contributed by atoms with Crippen molar-refractivity contribution in [1.82, 2.24) is 9.97 Å². The highest BCUT2D eigenvalue weighted by molar-refractivity contribution is 5.78. The van der Waals surface area contributed by atoms with Gasteiger partial charge in [-0.15, -0.1) is 0 Å². The fourth-order valence-electron chi connectivity index (χ4n) is 2.70. The van der Waals surface area contributed by atoms with E-state index in [1.54, 1.807) is 0 Å². The van der Waals surface area contributed by atoms with E-state index in [2.05, 4.69) is 29.2 Å². The first-order valence-electron chi connectivity index (χ1n) is 8.73. The Balaban J connectivity index is 1.76. The number of aromatic nitrogens is 2. The smallest absolute Gasteiger partial charge is 0.146 e. The average Bonchev–Trinajstić information content (AvgIpc) is 3.10. The van der Waals surface area contributed by atoms with Gasteiger partial charge >= 0.3 is 0 Å². The number of aromatic amines is 1. The summed E-state index contributed by atoms with van der Waals surface area (Å²) < 4.78 is 10.6. The zero-order valence-electron chi connectivity index (χ0n) is 14.6. The minimum Gasteiger partial charge on any atom is -0.356 e. The highest BCUT2D eigenvalue weighted by atomic mass is 16.7. The molecule has 130 valence electrons. The summed E-state index contributed by atoms with van der Waals surface area (Å²) in [7, 11) is 0. The Hall–Kier alpha value is -2.43. The lowest BCUT2D eigenvalue weighted by Crippen LogP contribution is -2.02. The van der Waals surface area contributed by atoms with E-state index in [0.717, 1.165) is 41.2 Å². The molecule has 0 radical (unpaired) electrons. The van der Waals surface area contributed by atoms with Crippen LogP contribution in [-0.4, -0.2) is 30.0 Å². The van der Waals surface area contributed by atoms with Crippen LogP contribution in [-0.2, 0) is 15.9 Å². The summed E-state index contributed by atoms with van der Waals surface area (Å²) in [5, 5.41) is 0. The van der Waals surface area contributed by atoms with E-state index in [0.29, 0.717) is 20.0 Å². The highest BCUT2D eigenvalue weighted by Gasteiger charge is 2.13. The second-order valence-corrected chi connectivity index (χ2v) is 5.76. The van der Waals surface area contributed by atoms with Gasteiger partial charge in [0.05, 0.1) is 11.4 Å². The lowest BCUT2D eigenvalue weighted by molar-refractivity contribution is -0.0498. The molecule has 0 aliphatic heterocycles. The molecule has 4 heteroatoms. The van der Waals surface area contributed by atoms with Crippen molar-refractivity contribution in [3.63, 3.8) is 0 Å². The number of nitrogens with one attached hydrogen (secondary N) is 1. The van der Waals surface area contributed by atoms with Gasteiger partial charge in [-0.25, -0.2) is 4.98 Å². The number of aryl methyl sites for hydroxylation is 1. The van der Waals surface area contributed by atoms with E-state index in [1.807, 2.05) is 43.3 Å². The van der Waals surface area contributed by atoms with Crippen LogP contribution in [0.5, 0.6) is 0 Å². The zero-order chi connectivity index (χ0) is 17.3. The summed E-state index contributed by atoms with van der Waals surface area (Å²) in [5.74, 6) is 0.984. The standard InChI is InChI=1S/C21H24N2O2/c1-2-24-16-25-15-9-14-19-22-20(17-10-5-3-6-11-17)21(23-19)18-12-7-4-8-13-18/h3-8,10-13H,2,9,14-16H2,1H3,(H,22,23). The van der Waals surface area contributed by atoms with E-state index in [-0.39, 0.29) is 0 Å². The van der Waals surface area contributed by atoms with Crippen LogP contribution in [0, 0.1) is 0 Å². The Morgan fingerprint density at radius 2 is 1.56 bits per heavy atom. The van der Waals surface area contributed by atoms with Gasteiger partial charge in [0.25, 0.3) is 0 Å². The summed E-state index contributed by atoms with van der Waals surface area (Å²) in [5.41, 5.74) is 4.33. The van der Waals surface area contributed by atoms with Crippen molar-refractivity contribution < 1.29 is 9.47 Å². The molecule has 0 amide bonds. The first-order chi connectivity index (χ1) is 12.4. The minimum atomic E-state index is 0.360. The average molecular weight is 336 g/mol. The molecule has 1 heterocycles. The van der Waals surface area contributed by atoms with Gasteiger partial charge in [-0.05, 0) is 13.3 Å². The van der Waals surface area contributed by atoms with Gasteiger partial charge in [0.1, 0.15) is 12.6 Å². The first kappa shape index (κ1) is 17.4. The Morgan fingerprint density at radius 3 is 2.24 bits per heavy atom. The third-order valence-electron chi connectivity index (χ3n) is 3.94. The lowest BCUT2D eigenvalue weighted by Gasteiger charge is -2.02. The molecule has 0 spiro atoms. The van der Waals surface area contributed by atoms with Gasteiger partial charge < -0.3 is 14.5 Å². The third-order valence-corrected chi connectivity index (χ3v) is 3.94. The van der Waals surface area contributed by atoms with Crippen LogP contribution >= 0.6 is 0 Å². The van der Waals surface area contributed by atoms with E-state index in [4.69, 9.17) is 14.5 Å². The number of ether oxygens (including phenoxy) is 2. The number of rotatable bonds is 9. The fourth-order valence-corrected chi connectivity index (χ4v) is 2.70. The fraction of sp³-hybridized carbons (Fsp3) is 0.286. The molecule has 0 atom stereocenters. The predicted molar refractivity (Wildman–Crippen MR) is 100 cm³/mol. The summed E-state index contributed by atoms with van der Waals surface area (Å²) in [6, 6.07) is 20.6. The molecule has 25 heavy (non-hydrogen) atoms. The van der Waals surface area contributed by atoms with Gasteiger partial charge in [0.2, 0.25) is 0 Å². The van der Waals surface area contributed by atoms with Crippen molar-refractivity contribution in [3.8, 4) is 22.5 Å². The normalized spacial score (nSPS) is 10.9. The zero-order valence-corrected chi connectivity index (χ0v) is 14.6. The minimum absolute atomic E-state index is 0.360. The molecule has 2 aromatic carbocycles. The summed E-state index contributed by atoms with van der Waals surface area (Å²) in [6.07, 6.45) is 1.75. The van der Waals surface area contributed by atoms with Crippen LogP contribution in [0.4, 0.5) is 0 Å². The van der Waals surface area contributed by atoms with E-state index < -0.39 is 0 Å². The van der Waals surface area contributed by atoms with Crippen LogP contribution < -0.4 is 0 Å². The number of benzene rings is 2.